The number of methoxy groups -OCH3 is 2. The summed E-state index contributed by atoms with van der Waals surface area (Å²) < 4.78 is 28.6. The summed E-state index contributed by atoms with van der Waals surface area (Å²) in [6.45, 7) is 2.18. The second-order valence-electron chi connectivity index (χ2n) is 9.00. The molecule has 1 N–H and O–H groups in total. The molecule has 196 valence electrons. The van der Waals surface area contributed by atoms with Gasteiger partial charge in [-0.3, -0.25) is 4.98 Å². The second-order valence-corrected chi connectivity index (χ2v) is 9.41. The van der Waals surface area contributed by atoms with Crippen molar-refractivity contribution in [1.82, 2.24) is 9.88 Å². The van der Waals surface area contributed by atoms with Crippen LogP contribution in [0.4, 0.5) is 11.4 Å². The average Bonchev–Trinajstić information content (AvgIpc) is 3.42. The summed E-state index contributed by atoms with van der Waals surface area (Å²) in [7, 11) is 5.27. The number of nitrogens with zero attached hydrogens (tertiary/aromatic N) is 3. The molecule has 0 aliphatic carbocycles. The summed E-state index contributed by atoms with van der Waals surface area (Å²) in [5.74, 6) is 7.99. The van der Waals surface area contributed by atoms with E-state index >= 15 is 0 Å². The fourth-order valence-electron chi connectivity index (χ4n) is 4.55. The number of hydrogen-bond acceptors (Lipinski definition) is 9. The van der Waals surface area contributed by atoms with Gasteiger partial charge in [0.15, 0.2) is 11.5 Å². The lowest BCUT2D eigenvalue weighted by Gasteiger charge is -2.30. The lowest BCUT2D eigenvalue weighted by atomic mass is 10.1. The number of piperidine rings is 1. The van der Waals surface area contributed by atoms with E-state index < -0.39 is 0 Å². The molecule has 0 spiro atoms. The Bertz CT molecular complexity index is 1470. The third-order valence-corrected chi connectivity index (χ3v) is 6.80. The minimum Gasteiger partial charge on any atom is -0.497 e. The third kappa shape index (κ3) is 5.09. The molecule has 5 rings (SSSR count). The highest BCUT2D eigenvalue weighted by molar-refractivity contribution is 6.34. The molecule has 9 nitrogen and oxygen atoms in total. The molecule has 0 radical (unpaired) electrons. The summed E-state index contributed by atoms with van der Waals surface area (Å²) in [4.78, 5) is 6.81. The average molecular weight is 535 g/mol. The molecule has 0 amide bonds. The Morgan fingerprint density at radius 1 is 1.13 bits per heavy atom. The SMILES string of the molecule is COCC#Cc1cc(Cl)c(Nc2c(C#N)cnc3cc(OC)cc(OC4CCN(C)CC4)c23)c2c1OCO2. The minimum atomic E-state index is 0.0210. The zero-order chi connectivity index (χ0) is 26.6. The van der Waals surface area contributed by atoms with Crippen LogP contribution >= 0.6 is 11.6 Å². The molecule has 0 atom stereocenters. The number of likely N-dealkylation sites (tertiary alicyclic amines) is 1. The van der Waals surface area contributed by atoms with Crippen LogP contribution in [0.1, 0.15) is 24.0 Å². The van der Waals surface area contributed by atoms with Gasteiger partial charge in [-0.2, -0.15) is 5.26 Å². The van der Waals surface area contributed by atoms with Crippen molar-refractivity contribution >= 4 is 33.9 Å². The molecule has 2 aromatic carbocycles. The highest BCUT2D eigenvalue weighted by atomic mass is 35.5. The number of nitriles is 1. The van der Waals surface area contributed by atoms with Gasteiger partial charge in [-0.15, -0.1) is 0 Å². The predicted octanol–water partition coefficient (Wildman–Crippen LogP) is 4.71. The molecule has 0 saturated carbocycles. The molecular weight excluding hydrogens is 508 g/mol. The maximum absolute atomic E-state index is 10.0. The number of nitrogens with one attached hydrogen (secondary N) is 1. The maximum Gasteiger partial charge on any atom is 0.231 e. The van der Waals surface area contributed by atoms with E-state index in [1.807, 2.05) is 12.1 Å². The number of fused-ring (bicyclic) bond motifs is 2. The van der Waals surface area contributed by atoms with Crippen LogP contribution in [0.2, 0.25) is 5.02 Å². The molecule has 3 heterocycles. The van der Waals surface area contributed by atoms with Gasteiger partial charge in [-0.05, 0) is 26.0 Å². The first-order chi connectivity index (χ1) is 18.5. The van der Waals surface area contributed by atoms with Crippen LogP contribution in [0, 0.1) is 23.2 Å². The van der Waals surface area contributed by atoms with Gasteiger partial charge in [-0.1, -0.05) is 23.4 Å². The molecular formula is C28H27ClN4O5. The van der Waals surface area contributed by atoms with Crippen molar-refractivity contribution in [2.24, 2.45) is 0 Å². The van der Waals surface area contributed by atoms with Gasteiger partial charge in [0.1, 0.15) is 36.0 Å². The van der Waals surface area contributed by atoms with Crippen molar-refractivity contribution in [1.29, 1.82) is 5.26 Å². The summed E-state index contributed by atoms with van der Waals surface area (Å²) in [5, 5.41) is 14.4. The van der Waals surface area contributed by atoms with E-state index in [0.717, 1.165) is 25.9 Å². The normalized spacial score (nSPS) is 15.0. The van der Waals surface area contributed by atoms with Crippen LogP contribution in [0.15, 0.2) is 24.4 Å². The molecule has 2 aliphatic heterocycles. The summed E-state index contributed by atoms with van der Waals surface area (Å²) in [6.07, 6.45) is 3.31. The van der Waals surface area contributed by atoms with Gasteiger partial charge >= 0.3 is 0 Å². The van der Waals surface area contributed by atoms with E-state index in [-0.39, 0.29) is 19.5 Å². The standard InChI is InChI=1S/C28H27ClN4O5/c1-33-8-6-19(7-9-33)38-23-13-20(35-3)12-22-24(23)25(18(14-30)15-31-22)32-26-21(29)11-17(5-4-10-34-2)27-28(26)37-16-36-27/h11-13,15,19H,6-10,16H2,1-3H3,(H,31,32). The zero-order valence-corrected chi connectivity index (χ0v) is 22.1. The highest BCUT2D eigenvalue weighted by Gasteiger charge is 2.27. The first kappa shape index (κ1) is 25.7. The fourth-order valence-corrected chi connectivity index (χ4v) is 4.79. The van der Waals surface area contributed by atoms with E-state index in [1.165, 1.54) is 6.20 Å². The first-order valence-corrected chi connectivity index (χ1v) is 12.5. The number of ether oxygens (including phenoxy) is 5. The summed E-state index contributed by atoms with van der Waals surface area (Å²) in [6, 6.07) is 7.58. The number of pyridine rings is 1. The number of hydrogen-bond donors (Lipinski definition) is 1. The van der Waals surface area contributed by atoms with Crippen LogP contribution in [0.25, 0.3) is 10.9 Å². The van der Waals surface area contributed by atoms with Crippen LogP contribution < -0.4 is 24.3 Å². The maximum atomic E-state index is 10.0. The predicted molar refractivity (Wildman–Crippen MR) is 144 cm³/mol. The highest BCUT2D eigenvalue weighted by Crippen LogP contribution is 2.49. The molecule has 10 heteroatoms. The molecule has 0 unspecified atom stereocenters. The van der Waals surface area contributed by atoms with Crippen molar-refractivity contribution in [3.8, 4) is 40.9 Å². The van der Waals surface area contributed by atoms with Gasteiger partial charge in [0.2, 0.25) is 6.79 Å². The van der Waals surface area contributed by atoms with E-state index in [4.69, 9.17) is 35.3 Å². The topological polar surface area (TPSA) is 98.1 Å². The van der Waals surface area contributed by atoms with Gasteiger partial charge < -0.3 is 33.9 Å². The Hall–Kier alpha value is -3.89. The number of rotatable bonds is 6. The smallest absolute Gasteiger partial charge is 0.231 e. The van der Waals surface area contributed by atoms with E-state index in [0.29, 0.717) is 61.4 Å². The van der Waals surface area contributed by atoms with Gasteiger partial charge in [0.05, 0.1) is 39.8 Å². The largest absolute Gasteiger partial charge is 0.497 e. The monoisotopic (exact) mass is 534 g/mol. The number of benzene rings is 2. The van der Waals surface area contributed by atoms with E-state index in [9.17, 15) is 5.26 Å². The lowest BCUT2D eigenvalue weighted by Crippen LogP contribution is -2.35. The molecule has 3 aromatic rings. The van der Waals surface area contributed by atoms with Crippen molar-refractivity contribution in [3.05, 3.63) is 40.5 Å². The first-order valence-electron chi connectivity index (χ1n) is 12.1. The van der Waals surface area contributed by atoms with Crippen LogP contribution in [-0.2, 0) is 4.74 Å². The van der Waals surface area contributed by atoms with Gasteiger partial charge in [0, 0.05) is 38.5 Å². The van der Waals surface area contributed by atoms with Crippen LogP contribution in [-0.4, -0.2) is 63.7 Å². The summed E-state index contributed by atoms with van der Waals surface area (Å²) >= 11 is 6.73. The quantitative estimate of drug-likeness (QED) is 0.451. The molecule has 1 aromatic heterocycles. The molecule has 2 aliphatic rings. The van der Waals surface area contributed by atoms with Crippen molar-refractivity contribution < 1.29 is 23.7 Å². The Labute approximate surface area is 226 Å². The third-order valence-electron chi connectivity index (χ3n) is 6.51. The van der Waals surface area contributed by atoms with Crippen LogP contribution in [0.5, 0.6) is 23.0 Å². The van der Waals surface area contributed by atoms with Crippen molar-refractivity contribution in [2.75, 3.05) is 53.1 Å². The number of aromatic nitrogens is 1. The van der Waals surface area contributed by atoms with Gasteiger partial charge in [0.25, 0.3) is 0 Å². The second kappa shape index (κ2) is 11.2. The summed E-state index contributed by atoms with van der Waals surface area (Å²) in [5.41, 5.74) is 2.48. The van der Waals surface area contributed by atoms with Crippen LogP contribution in [0.3, 0.4) is 0 Å². The molecule has 1 saturated heterocycles. The number of anilines is 2. The Morgan fingerprint density at radius 2 is 1.92 bits per heavy atom. The number of halogens is 1. The van der Waals surface area contributed by atoms with Gasteiger partial charge in [-0.25, -0.2) is 0 Å². The van der Waals surface area contributed by atoms with E-state index in [1.54, 1.807) is 20.3 Å². The molecule has 1 fully saturated rings. The Balaban J connectivity index is 1.63. The van der Waals surface area contributed by atoms with E-state index in [2.05, 4.69) is 40.2 Å². The zero-order valence-electron chi connectivity index (χ0n) is 21.4. The Morgan fingerprint density at radius 3 is 2.66 bits per heavy atom. The van der Waals surface area contributed by atoms with Crippen molar-refractivity contribution in [2.45, 2.75) is 18.9 Å². The molecule has 0 bridgehead atoms. The minimum absolute atomic E-state index is 0.0210. The fraction of sp³-hybridized carbons (Fsp3) is 0.357. The van der Waals surface area contributed by atoms with Crippen molar-refractivity contribution in [3.63, 3.8) is 0 Å². The molecule has 38 heavy (non-hydrogen) atoms. The Kier molecular flexibility index (Phi) is 7.62. The lowest BCUT2D eigenvalue weighted by molar-refractivity contribution is 0.115.